The number of rotatable bonds is 10. The molecular weight excluding hydrogens is 416 g/mol. The zero-order valence-corrected chi connectivity index (χ0v) is 17.8. The molecular formula is C23H24N2O5S. The maximum atomic E-state index is 12.3. The van der Waals surface area contributed by atoms with E-state index in [2.05, 4.69) is 5.32 Å². The van der Waals surface area contributed by atoms with E-state index in [0.717, 1.165) is 17.4 Å². The lowest BCUT2D eigenvalue weighted by atomic mass is 10.0. The van der Waals surface area contributed by atoms with Crippen molar-refractivity contribution in [2.75, 3.05) is 6.26 Å². The monoisotopic (exact) mass is 440 g/mol. The van der Waals surface area contributed by atoms with Crippen LogP contribution in [0, 0.1) is 0 Å². The molecule has 0 fully saturated rings. The molecule has 162 valence electrons. The van der Waals surface area contributed by atoms with E-state index in [0.29, 0.717) is 12.4 Å². The molecule has 0 spiro atoms. The number of nitrogens with two attached hydrogens (primary N) is 1. The lowest BCUT2D eigenvalue weighted by Crippen LogP contribution is -2.55. The fourth-order valence-electron chi connectivity index (χ4n) is 3.02. The lowest BCUT2D eigenvalue weighted by molar-refractivity contribution is -0.137. The van der Waals surface area contributed by atoms with Crippen molar-refractivity contribution in [3.63, 3.8) is 0 Å². The van der Waals surface area contributed by atoms with Crippen LogP contribution in [0.1, 0.15) is 16.7 Å². The Balaban J connectivity index is 1.74. The van der Waals surface area contributed by atoms with Gasteiger partial charge in [0.1, 0.15) is 12.4 Å². The SMILES string of the molecule is CS(=O)(=O)OC(NCc1ccc(OCc2ccccc2)cc1)(C(N)=O)c1ccccc1. The highest BCUT2D eigenvalue weighted by molar-refractivity contribution is 7.86. The van der Waals surface area contributed by atoms with Crippen molar-refractivity contribution in [1.82, 2.24) is 5.32 Å². The number of carbonyl (C=O) groups is 1. The van der Waals surface area contributed by atoms with Gasteiger partial charge in [0.2, 0.25) is 5.72 Å². The first kappa shape index (κ1) is 22.5. The Morgan fingerprint density at radius 2 is 1.48 bits per heavy atom. The molecule has 0 radical (unpaired) electrons. The van der Waals surface area contributed by atoms with E-state index >= 15 is 0 Å². The van der Waals surface area contributed by atoms with Crippen LogP contribution in [0.5, 0.6) is 5.75 Å². The van der Waals surface area contributed by atoms with Crippen LogP contribution in [0.25, 0.3) is 0 Å². The molecule has 3 N–H and O–H groups in total. The molecule has 1 atom stereocenters. The van der Waals surface area contributed by atoms with E-state index in [1.807, 2.05) is 42.5 Å². The smallest absolute Gasteiger partial charge is 0.271 e. The second-order valence-electron chi connectivity index (χ2n) is 6.97. The minimum atomic E-state index is -4.00. The zero-order chi connectivity index (χ0) is 22.3. The van der Waals surface area contributed by atoms with Crippen molar-refractivity contribution in [3.8, 4) is 5.75 Å². The van der Waals surface area contributed by atoms with Crippen LogP contribution >= 0.6 is 0 Å². The molecule has 0 aliphatic carbocycles. The molecule has 0 heterocycles. The summed E-state index contributed by atoms with van der Waals surface area (Å²) in [5, 5.41) is 2.88. The predicted octanol–water partition coefficient (Wildman–Crippen LogP) is 2.67. The Labute approximate surface area is 181 Å². The Morgan fingerprint density at radius 3 is 2.03 bits per heavy atom. The summed E-state index contributed by atoms with van der Waals surface area (Å²) in [5.74, 6) is -0.281. The van der Waals surface area contributed by atoms with Gasteiger partial charge >= 0.3 is 0 Å². The topological polar surface area (TPSA) is 108 Å². The highest BCUT2D eigenvalue weighted by atomic mass is 32.2. The van der Waals surface area contributed by atoms with E-state index in [1.165, 1.54) is 0 Å². The van der Waals surface area contributed by atoms with Gasteiger partial charge in [-0.1, -0.05) is 72.8 Å². The van der Waals surface area contributed by atoms with Gasteiger partial charge in [-0.2, -0.15) is 8.42 Å². The number of amides is 1. The number of hydrogen-bond acceptors (Lipinski definition) is 6. The molecule has 31 heavy (non-hydrogen) atoms. The third-order valence-electron chi connectivity index (χ3n) is 4.52. The van der Waals surface area contributed by atoms with E-state index in [1.54, 1.807) is 42.5 Å². The lowest BCUT2D eigenvalue weighted by Gasteiger charge is -2.31. The number of ether oxygens (including phenoxy) is 1. The summed E-state index contributed by atoms with van der Waals surface area (Å²) in [4.78, 5) is 12.3. The van der Waals surface area contributed by atoms with Crippen LogP contribution in [0.15, 0.2) is 84.9 Å². The zero-order valence-electron chi connectivity index (χ0n) is 17.0. The fraction of sp³-hybridized carbons (Fsp3) is 0.174. The summed E-state index contributed by atoms with van der Waals surface area (Å²) in [6.07, 6.45) is 0.869. The molecule has 3 rings (SSSR count). The summed E-state index contributed by atoms with van der Waals surface area (Å²) in [5.41, 5.74) is 5.68. The van der Waals surface area contributed by atoms with Crippen LogP contribution in [-0.4, -0.2) is 20.6 Å². The highest BCUT2D eigenvalue weighted by Gasteiger charge is 2.43. The van der Waals surface area contributed by atoms with Crippen molar-refractivity contribution in [2.45, 2.75) is 18.9 Å². The van der Waals surface area contributed by atoms with Crippen molar-refractivity contribution in [2.24, 2.45) is 5.73 Å². The molecule has 3 aromatic rings. The minimum absolute atomic E-state index is 0.131. The summed E-state index contributed by atoms with van der Waals surface area (Å²) < 4.78 is 34.7. The molecule has 0 saturated carbocycles. The first-order valence-corrected chi connectivity index (χ1v) is 11.4. The number of nitrogens with one attached hydrogen (secondary N) is 1. The summed E-state index contributed by atoms with van der Waals surface area (Å²) in [6, 6.07) is 25.2. The van der Waals surface area contributed by atoms with Gasteiger partial charge < -0.3 is 10.5 Å². The van der Waals surface area contributed by atoms with E-state index in [4.69, 9.17) is 14.7 Å². The van der Waals surface area contributed by atoms with Gasteiger partial charge in [0.05, 0.1) is 6.26 Å². The molecule has 0 bridgehead atoms. The summed E-state index contributed by atoms with van der Waals surface area (Å²) >= 11 is 0. The number of benzene rings is 3. The van der Waals surface area contributed by atoms with Gasteiger partial charge in [-0.15, -0.1) is 0 Å². The van der Waals surface area contributed by atoms with E-state index in [9.17, 15) is 13.2 Å². The number of primary amides is 1. The maximum absolute atomic E-state index is 12.3. The number of carbonyl (C=O) groups excluding carboxylic acids is 1. The van der Waals surface area contributed by atoms with Crippen LogP contribution < -0.4 is 15.8 Å². The van der Waals surface area contributed by atoms with Gasteiger partial charge in [0.25, 0.3) is 16.0 Å². The van der Waals surface area contributed by atoms with Crippen LogP contribution in [-0.2, 0) is 38.0 Å². The first-order valence-electron chi connectivity index (χ1n) is 9.55. The van der Waals surface area contributed by atoms with Gasteiger partial charge in [-0.3, -0.25) is 10.1 Å². The van der Waals surface area contributed by atoms with Gasteiger partial charge in [-0.05, 0) is 23.3 Å². The largest absolute Gasteiger partial charge is 0.489 e. The average molecular weight is 441 g/mol. The van der Waals surface area contributed by atoms with Crippen molar-refractivity contribution < 1.29 is 22.1 Å². The van der Waals surface area contributed by atoms with Crippen molar-refractivity contribution in [1.29, 1.82) is 0 Å². The second-order valence-corrected chi connectivity index (χ2v) is 8.55. The predicted molar refractivity (Wildman–Crippen MR) is 117 cm³/mol. The Morgan fingerprint density at radius 1 is 0.903 bits per heavy atom. The van der Waals surface area contributed by atoms with Gasteiger partial charge in [-0.25, -0.2) is 4.18 Å². The Hall–Kier alpha value is -3.20. The van der Waals surface area contributed by atoms with Crippen molar-refractivity contribution in [3.05, 3.63) is 102 Å². The first-order chi connectivity index (χ1) is 14.8. The van der Waals surface area contributed by atoms with Crippen LogP contribution in [0.2, 0.25) is 0 Å². The third-order valence-corrected chi connectivity index (χ3v) is 5.07. The van der Waals surface area contributed by atoms with E-state index < -0.39 is 21.8 Å². The highest BCUT2D eigenvalue weighted by Crippen LogP contribution is 2.26. The normalized spacial score (nSPS) is 13.3. The number of hydrogen-bond donors (Lipinski definition) is 2. The molecule has 0 aliphatic rings. The molecule has 0 aromatic heterocycles. The average Bonchev–Trinajstić information content (AvgIpc) is 2.76. The van der Waals surface area contributed by atoms with E-state index in [-0.39, 0.29) is 12.1 Å². The van der Waals surface area contributed by atoms with Crippen LogP contribution in [0.3, 0.4) is 0 Å². The van der Waals surface area contributed by atoms with Crippen LogP contribution in [0.4, 0.5) is 0 Å². The van der Waals surface area contributed by atoms with Gasteiger partial charge in [0, 0.05) is 12.1 Å². The maximum Gasteiger partial charge on any atom is 0.271 e. The van der Waals surface area contributed by atoms with Gasteiger partial charge in [0.15, 0.2) is 0 Å². The molecule has 0 saturated heterocycles. The molecule has 0 aliphatic heterocycles. The van der Waals surface area contributed by atoms with Crippen molar-refractivity contribution >= 4 is 16.0 Å². The molecule has 7 nitrogen and oxygen atoms in total. The standard InChI is InChI=1S/C23H24N2O5S/c1-31(27,28)30-23(22(24)26,20-10-6-3-7-11-20)25-16-18-12-14-21(15-13-18)29-17-19-8-4-2-5-9-19/h2-15,25H,16-17H2,1H3,(H2,24,26). The molecule has 8 heteroatoms. The summed E-state index contributed by atoms with van der Waals surface area (Å²) in [7, 11) is -4.00. The molecule has 1 unspecified atom stereocenters. The molecule has 3 aromatic carbocycles. The second kappa shape index (κ2) is 9.74. The molecule has 1 amide bonds. The minimum Gasteiger partial charge on any atom is -0.489 e. The Kier molecular flexibility index (Phi) is 7.06. The Bertz CT molecular complexity index is 1100. The fourth-order valence-corrected chi connectivity index (χ4v) is 3.71. The third kappa shape index (κ3) is 6.14. The summed E-state index contributed by atoms with van der Waals surface area (Å²) in [6.45, 7) is 0.575. The quantitative estimate of drug-likeness (QED) is 0.371.